The van der Waals surface area contributed by atoms with E-state index in [1.165, 1.54) is 16.8 Å². The lowest BCUT2D eigenvalue weighted by atomic mass is 10.0. The van der Waals surface area contributed by atoms with E-state index in [-0.39, 0.29) is 11.5 Å². The van der Waals surface area contributed by atoms with Crippen LogP contribution in [0.1, 0.15) is 30.0 Å². The maximum atomic E-state index is 11.8. The Kier molecular flexibility index (Phi) is 3.49. The van der Waals surface area contributed by atoms with E-state index in [4.69, 9.17) is 0 Å². The maximum absolute atomic E-state index is 11.8. The number of benzene rings is 1. The Hall–Kier alpha value is -1.82. The van der Waals surface area contributed by atoms with Gasteiger partial charge in [-0.3, -0.25) is 4.68 Å². The van der Waals surface area contributed by atoms with Crippen molar-refractivity contribution in [1.29, 1.82) is 0 Å². The average molecular weight is 345 g/mol. The topological polar surface area (TPSA) is 55.2 Å². The van der Waals surface area contributed by atoms with Crippen LogP contribution in [0.25, 0.3) is 0 Å². The first kappa shape index (κ1) is 15.7. The summed E-state index contributed by atoms with van der Waals surface area (Å²) in [7, 11) is -2.93. The Morgan fingerprint density at radius 1 is 1.33 bits per heavy atom. The van der Waals surface area contributed by atoms with Crippen LogP contribution in [0.3, 0.4) is 0 Å². The summed E-state index contributed by atoms with van der Waals surface area (Å²) in [6, 6.07) is 6.64. The largest absolute Gasteiger partial charge is 0.367 e. The van der Waals surface area contributed by atoms with Crippen LogP contribution in [-0.4, -0.2) is 36.2 Å². The van der Waals surface area contributed by atoms with E-state index in [0.29, 0.717) is 6.42 Å². The molecule has 0 saturated carbocycles. The molecule has 1 aromatic carbocycles. The number of nitrogens with zero attached hydrogens (tertiary/aromatic N) is 3. The van der Waals surface area contributed by atoms with Gasteiger partial charge < -0.3 is 4.90 Å². The summed E-state index contributed by atoms with van der Waals surface area (Å²) < 4.78 is 25.5. The molecule has 6 heteroatoms. The molecular formula is C18H23N3O2S. The Morgan fingerprint density at radius 3 is 2.92 bits per heavy atom. The van der Waals surface area contributed by atoms with Crippen molar-refractivity contribution >= 4 is 15.5 Å². The van der Waals surface area contributed by atoms with Crippen molar-refractivity contribution in [2.24, 2.45) is 0 Å². The van der Waals surface area contributed by atoms with Crippen molar-refractivity contribution in [2.45, 2.75) is 38.8 Å². The van der Waals surface area contributed by atoms with Gasteiger partial charge in [-0.2, -0.15) is 5.10 Å². The van der Waals surface area contributed by atoms with Gasteiger partial charge in [0, 0.05) is 30.5 Å². The molecule has 2 aromatic rings. The fraction of sp³-hybridized carbons (Fsp3) is 0.500. The minimum absolute atomic E-state index is 0.187. The molecule has 0 N–H and O–H groups in total. The average Bonchev–Trinajstić information content (AvgIpc) is 3.19. The molecule has 1 atom stereocenters. The molecule has 128 valence electrons. The lowest BCUT2D eigenvalue weighted by Gasteiger charge is -2.23. The summed E-state index contributed by atoms with van der Waals surface area (Å²) in [6.07, 6.45) is 5.63. The van der Waals surface area contributed by atoms with Gasteiger partial charge in [0.15, 0.2) is 9.84 Å². The lowest BCUT2D eigenvalue weighted by Crippen LogP contribution is -2.31. The van der Waals surface area contributed by atoms with Crippen LogP contribution in [0.15, 0.2) is 30.6 Å². The molecule has 5 nitrogen and oxygen atoms in total. The van der Waals surface area contributed by atoms with E-state index in [1.807, 2.05) is 24.0 Å². The molecule has 0 aliphatic carbocycles. The van der Waals surface area contributed by atoms with Crippen molar-refractivity contribution in [1.82, 2.24) is 9.78 Å². The summed E-state index contributed by atoms with van der Waals surface area (Å²) in [5, 5.41) is 4.48. The van der Waals surface area contributed by atoms with Gasteiger partial charge in [0.05, 0.1) is 23.2 Å². The van der Waals surface area contributed by atoms with E-state index < -0.39 is 15.4 Å². The number of sulfone groups is 1. The Bertz CT molecular complexity index is 887. The number of hydrogen-bond acceptors (Lipinski definition) is 4. The zero-order chi connectivity index (χ0) is 16.9. The molecule has 1 aromatic heterocycles. The van der Waals surface area contributed by atoms with Crippen LogP contribution >= 0.6 is 0 Å². The zero-order valence-corrected chi connectivity index (χ0v) is 15.0. The minimum atomic E-state index is -2.93. The van der Waals surface area contributed by atoms with Crippen LogP contribution < -0.4 is 4.90 Å². The van der Waals surface area contributed by atoms with Crippen LogP contribution in [0, 0.1) is 6.92 Å². The molecule has 1 saturated heterocycles. The lowest BCUT2D eigenvalue weighted by molar-refractivity contribution is 0.328. The number of aromatic nitrogens is 2. The van der Waals surface area contributed by atoms with E-state index in [2.05, 4.69) is 35.1 Å². The minimum Gasteiger partial charge on any atom is -0.367 e. The predicted octanol–water partition coefficient (Wildman–Crippen LogP) is 2.29. The number of aryl methyl sites for hydroxylation is 1. The molecule has 0 spiro atoms. The third kappa shape index (κ3) is 2.73. The highest BCUT2D eigenvalue weighted by atomic mass is 32.2. The van der Waals surface area contributed by atoms with Gasteiger partial charge in [0.1, 0.15) is 0 Å². The molecule has 1 fully saturated rings. The van der Waals surface area contributed by atoms with Crippen molar-refractivity contribution in [3.05, 3.63) is 47.3 Å². The first-order valence-corrected chi connectivity index (χ1v) is 10.3. The first-order valence-electron chi connectivity index (χ1n) is 8.44. The van der Waals surface area contributed by atoms with E-state index >= 15 is 0 Å². The quantitative estimate of drug-likeness (QED) is 0.856. The Balaban J connectivity index is 1.54. The SMILES string of the molecule is Cc1ccc2c(c1)N(Cc1cnn([C@@]3(C)CCS(=O)(=O)C3)c1)CC2. The first-order chi connectivity index (χ1) is 11.3. The number of hydrogen-bond donors (Lipinski definition) is 0. The normalized spacial score (nSPS) is 25.2. The predicted molar refractivity (Wildman–Crippen MR) is 95.1 cm³/mol. The molecule has 0 amide bonds. The van der Waals surface area contributed by atoms with Gasteiger partial charge >= 0.3 is 0 Å². The summed E-state index contributed by atoms with van der Waals surface area (Å²) in [5.41, 5.74) is 4.73. The molecular weight excluding hydrogens is 322 g/mol. The third-order valence-electron chi connectivity index (χ3n) is 5.28. The highest BCUT2D eigenvalue weighted by molar-refractivity contribution is 7.91. The second-order valence-corrected chi connectivity index (χ2v) is 9.62. The van der Waals surface area contributed by atoms with Crippen molar-refractivity contribution < 1.29 is 8.42 Å². The second kappa shape index (κ2) is 5.34. The number of rotatable bonds is 3. The standard InChI is InChI=1S/C18H23N3O2S/c1-14-3-4-16-5-7-20(17(16)9-14)11-15-10-19-21(12-15)18(2)6-8-24(22,23)13-18/h3-4,9-10,12H,5-8,11,13H2,1-2H3/t18-/m0/s1. The molecule has 0 radical (unpaired) electrons. The monoisotopic (exact) mass is 345 g/mol. The summed E-state index contributed by atoms with van der Waals surface area (Å²) in [4.78, 5) is 2.39. The van der Waals surface area contributed by atoms with Gasteiger partial charge in [-0.15, -0.1) is 0 Å². The van der Waals surface area contributed by atoms with Crippen LogP contribution in [0.5, 0.6) is 0 Å². The summed E-state index contributed by atoms with van der Waals surface area (Å²) in [5.74, 6) is 0.449. The highest BCUT2D eigenvalue weighted by Gasteiger charge is 2.40. The second-order valence-electron chi connectivity index (χ2n) is 7.44. The van der Waals surface area contributed by atoms with Crippen LogP contribution in [0.4, 0.5) is 5.69 Å². The van der Waals surface area contributed by atoms with Gasteiger partial charge in [-0.05, 0) is 43.9 Å². The molecule has 24 heavy (non-hydrogen) atoms. The van der Waals surface area contributed by atoms with Crippen molar-refractivity contribution in [2.75, 3.05) is 23.0 Å². The van der Waals surface area contributed by atoms with Crippen molar-refractivity contribution in [3.8, 4) is 0 Å². The van der Waals surface area contributed by atoms with Gasteiger partial charge in [0.25, 0.3) is 0 Å². The fourth-order valence-corrected chi connectivity index (χ4v) is 5.97. The number of fused-ring (bicyclic) bond motifs is 1. The zero-order valence-electron chi connectivity index (χ0n) is 14.2. The van der Waals surface area contributed by atoms with E-state index in [0.717, 1.165) is 25.1 Å². The summed E-state index contributed by atoms with van der Waals surface area (Å²) >= 11 is 0. The molecule has 0 bridgehead atoms. The van der Waals surface area contributed by atoms with Gasteiger partial charge in [-0.25, -0.2) is 8.42 Å². The number of anilines is 1. The van der Waals surface area contributed by atoms with Crippen LogP contribution in [0.2, 0.25) is 0 Å². The van der Waals surface area contributed by atoms with Gasteiger partial charge in [0.2, 0.25) is 0 Å². The van der Waals surface area contributed by atoms with E-state index in [9.17, 15) is 8.42 Å². The van der Waals surface area contributed by atoms with Crippen molar-refractivity contribution in [3.63, 3.8) is 0 Å². The highest BCUT2D eigenvalue weighted by Crippen LogP contribution is 2.32. The maximum Gasteiger partial charge on any atom is 0.152 e. The van der Waals surface area contributed by atoms with Crippen LogP contribution in [-0.2, 0) is 28.3 Å². The molecule has 4 rings (SSSR count). The molecule has 2 aliphatic rings. The fourth-order valence-electron chi connectivity index (χ4n) is 3.85. The molecule has 2 aliphatic heterocycles. The molecule has 0 unspecified atom stereocenters. The Morgan fingerprint density at radius 2 is 2.17 bits per heavy atom. The van der Waals surface area contributed by atoms with E-state index in [1.54, 1.807) is 0 Å². The summed E-state index contributed by atoms with van der Waals surface area (Å²) in [6.45, 7) is 5.95. The smallest absolute Gasteiger partial charge is 0.152 e. The Labute approximate surface area is 143 Å². The van der Waals surface area contributed by atoms with Gasteiger partial charge in [-0.1, -0.05) is 12.1 Å². The third-order valence-corrected chi connectivity index (χ3v) is 7.17. The molecule has 3 heterocycles.